The van der Waals surface area contributed by atoms with Crippen molar-refractivity contribution in [3.8, 4) is 11.1 Å². The Kier molecular flexibility index (Phi) is 4.95. The maximum Gasteiger partial charge on any atom is 0.292 e. The van der Waals surface area contributed by atoms with E-state index in [9.17, 15) is 16.8 Å². The number of hydrogen-bond acceptors (Lipinski definition) is 12. The van der Waals surface area contributed by atoms with Crippen LogP contribution in [0.25, 0.3) is 22.2 Å². The molecule has 3 aromatic rings. The number of benzene rings is 2. The molecule has 0 atom stereocenters. The molecule has 0 saturated carbocycles. The Hall–Kier alpha value is -2.63. The van der Waals surface area contributed by atoms with Crippen LogP contribution in [0.2, 0.25) is 0 Å². The zero-order valence-corrected chi connectivity index (χ0v) is 18.0. The topological polar surface area (TPSA) is 206 Å². The Morgan fingerprint density at radius 1 is 1.03 bits per heavy atom. The predicted molar refractivity (Wildman–Crippen MR) is 114 cm³/mol. The number of nitrogens with two attached hydrogens (primary N) is 2. The second kappa shape index (κ2) is 7.46. The number of hydrogen-bond donors (Lipinski definition) is 7. The van der Waals surface area contributed by atoms with Gasteiger partial charge in [0.1, 0.15) is 16.6 Å². The fourth-order valence-corrected chi connectivity index (χ4v) is 7.05. The van der Waals surface area contributed by atoms with E-state index >= 15 is 0 Å². The third kappa shape index (κ3) is 3.44. The minimum atomic E-state index is -4.46. The number of primary sulfonamides is 1. The van der Waals surface area contributed by atoms with Crippen molar-refractivity contribution in [1.82, 2.24) is 32.2 Å². The van der Waals surface area contributed by atoms with Gasteiger partial charge < -0.3 is 15.5 Å². The summed E-state index contributed by atoms with van der Waals surface area (Å²) in [5.41, 5.74) is 18.5. The summed E-state index contributed by atoms with van der Waals surface area (Å²) in [7, 11) is -8.42. The molecule has 9 N–H and O–H groups in total. The van der Waals surface area contributed by atoms with Crippen LogP contribution in [-0.4, -0.2) is 40.2 Å². The summed E-state index contributed by atoms with van der Waals surface area (Å²) >= 11 is 0. The lowest BCUT2D eigenvalue weighted by molar-refractivity contribution is 0.491. The molecule has 0 aliphatic carbocycles. The number of nitrogens with zero attached hydrogens (tertiary/aromatic N) is 1. The van der Waals surface area contributed by atoms with Crippen LogP contribution in [0.1, 0.15) is 11.7 Å². The first-order chi connectivity index (χ1) is 15.2. The van der Waals surface area contributed by atoms with Crippen LogP contribution in [0.5, 0.6) is 0 Å². The number of nitrogens with one attached hydrogen (secondary N) is 5. The largest absolute Gasteiger partial charge is 0.424 e. The van der Waals surface area contributed by atoms with E-state index in [1.54, 1.807) is 24.3 Å². The van der Waals surface area contributed by atoms with Gasteiger partial charge in [-0.2, -0.15) is 16.1 Å². The molecule has 0 unspecified atom stereocenters. The molecule has 0 bridgehead atoms. The van der Waals surface area contributed by atoms with Gasteiger partial charge in [0, 0.05) is 18.7 Å². The van der Waals surface area contributed by atoms with E-state index < -0.39 is 36.2 Å². The maximum absolute atomic E-state index is 13.2. The smallest absolute Gasteiger partial charge is 0.292 e. The molecule has 2 aromatic carbocycles. The number of sulfonamides is 1. The number of hydrazine groups is 3. The highest BCUT2D eigenvalue weighted by Gasteiger charge is 2.39. The van der Waals surface area contributed by atoms with Crippen molar-refractivity contribution in [2.75, 3.05) is 18.8 Å². The van der Waals surface area contributed by atoms with Gasteiger partial charge in [-0.15, -0.1) is 0 Å². The molecular formula is C17H20N8O5S2. The minimum absolute atomic E-state index is 0.00864. The van der Waals surface area contributed by atoms with Crippen LogP contribution >= 0.6 is 0 Å². The number of sulfone groups is 1. The maximum atomic E-state index is 13.2. The number of oxazole rings is 1. The third-order valence-electron chi connectivity index (χ3n) is 5.43. The van der Waals surface area contributed by atoms with Crippen molar-refractivity contribution in [2.24, 2.45) is 5.14 Å². The Bertz CT molecular complexity index is 1430. The van der Waals surface area contributed by atoms with Crippen molar-refractivity contribution >= 4 is 37.0 Å². The van der Waals surface area contributed by atoms with Gasteiger partial charge in [-0.3, -0.25) is 0 Å². The first-order valence-corrected chi connectivity index (χ1v) is 12.6. The van der Waals surface area contributed by atoms with Gasteiger partial charge in [-0.25, -0.2) is 32.8 Å². The number of anilines is 1. The van der Waals surface area contributed by atoms with Crippen molar-refractivity contribution in [3.05, 3.63) is 35.9 Å². The van der Waals surface area contributed by atoms with Gasteiger partial charge in [0.15, 0.2) is 15.4 Å². The minimum Gasteiger partial charge on any atom is -0.424 e. The molecule has 32 heavy (non-hydrogen) atoms. The molecule has 1 aromatic heterocycles. The summed E-state index contributed by atoms with van der Waals surface area (Å²) < 4.78 is 57.2. The molecule has 2 aliphatic heterocycles. The van der Waals surface area contributed by atoms with E-state index in [4.69, 9.17) is 15.3 Å². The first-order valence-electron chi connectivity index (χ1n) is 9.48. The van der Waals surface area contributed by atoms with Gasteiger partial charge in [-0.05, 0) is 29.3 Å². The molecule has 2 saturated heterocycles. The van der Waals surface area contributed by atoms with Crippen LogP contribution in [0.3, 0.4) is 0 Å². The summed E-state index contributed by atoms with van der Waals surface area (Å²) in [5, 5.41) is 7.73. The Labute approximate surface area is 182 Å². The molecule has 0 spiro atoms. The molecule has 15 heteroatoms. The highest BCUT2D eigenvalue weighted by atomic mass is 32.2. The molecule has 13 nitrogen and oxygen atoms in total. The standard InChI is InChI=1S/C17H20N8O5S2/c18-17-21-11-5-8(1-3-12(11)30-17)10-2-4-13(31(26,27)9-6-20-7-9)15(32(19,28)29)14(10)16-22-24-25-23-16/h1-5,9,16,20,22-25H,6-7H2,(H2,18,21)(H2,19,28,29). The summed E-state index contributed by atoms with van der Waals surface area (Å²) in [6, 6.07) is 7.83. The van der Waals surface area contributed by atoms with Gasteiger partial charge in [-0.1, -0.05) is 12.1 Å². The Morgan fingerprint density at radius 2 is 1.75 bits per heavy atom. The quantitative estimate of drug-likeness (QED) is 0.225. The van der Waals surface area contributed by atoms with Crippen LogP contribution < -0.4 is 38.1 Å². The average Bonchev–Trinajstić information content (AvgIpc) is 3.32. The Balaban J connectivity index is 1.80. The van der Waals surface area contributed by atoms with Gasteiger partial charge in [0.25, 0.3) is 6.01 Å². The van der Waals surface area contributed by atoms with Crippen molar-refractivity contribution in [1.29, 1.82) is 0 Å². The normalized spacial score (nSPS) is 18.3. The van der Waals surface area contributed by atoms with Crippen molar-refractivity contribution in [2.45, 2.75) is 21.2 Å². The zero-order chi connectivity index (χ0) is 22.7. The summed E-state index contributed by atoms with van der Waals surface area (Å²) in [5.74, 6) is 0. The second-order valence-corrected chi connectivity index (χ2v) is 11.1. The molecule has 3 heterocycles. The van der Waals surface area contributed by atoms with E-state index in [-0.39, 0.29) is 29.6 Å². The third-order valence-corrected chi connectivity index (χ3v) is 8.74. The van der Waals surface area contributed by atoms with Crippen LogP contribution in [0.15, 0.2) is 44.5 Å². The highest BCUT2D eigenvalue weighted by Crippen LogP contribution is 2.38. The zero-order valence-electron chi connectivity index (χ0n) is 16.4. The molecule has 170 valence electrons. The average molecular weight is 481 g/mol. The number of aromatic nitrogens is 1. The van der Waals surface area contributed by atoms with Gasteiger partial charge in [0.2, 0.25) is 10.0 Å². The number of rotatable bonds is 5. The van der Waals surface area contributed by atoms with Gasteiger partial charge in [0.05, 0.1) is 10.1 Å². The number of nitrogen functional groups attached to an aromatic ring is 1. The van der Waals surface area contributed by atoms with E-state index in [1.807, 2.05) is 0 Å². The lowest BCUT2D eigenvalue weighted by Gasteiger charge is -2.29. The summed E-state index contributed by atoms with van der Waals surface area (Å²) in [4.78, 5) is 3.29. The Morgan fingerprint density at radius 3 is 2.38 bits per heavy atom. The van der Waals surface area contributed by atoms with E-state index in [0.717, 1.165) is 0 Å². The predicted octanol–water partition coefficient (Wildman–Crippen LogP) is -1.41. The van der Waals surface area contributed by atoms with Crippen molar-refractivity contribution in [3.63, 3.8) is 0 Å². The molecule has 0 radical (unpaired) electrons. The molecule has 0 amide bonds. The summed E-state index contributed by atoms with van der Waals surface area (Å²) in [6.07, 6.45) is -0.828. The highest BCUT2D eigenvalue weighted by molar-refractivity contribution is 7.94. The monoisotopic (exact) mass is 480 g/mol. The van der Waals surface area contributed by atoms with E-state index in [1.165, 1.54) is 6.07 Å². The fraction of sp³-hybridized carbons (Fsp3) is 0.235. The first kappa shape index (κ1) is 21.2. The molecule has 2 fully saturated rings. The van der Waals surface area contributed by atoms with Gasteiger partial charge >= 0.3 is 0 Å². The SMILES string of the molecule is Nc1nc2cc(-c3ccc(S(=O)(=O)C4CNC4)c(S(N)(=O)=O)c3C3NNNN3)ccc2o1. The molecule has 5 rings (SSSR count). The fourth-order valence-electron chi connectivity index (χ4n) is 3.81. The summed E-state index contributed by atoms with van der Waals surface area (Å²) in [6.45, 7) is 0.466. The van der Waals surface area contributed by atoms with Crippen LogP contribution in [-0.2, 0) is 19.9 Å². The lowest BCUT2D eigenvalue weighted by Crippen LogP contribution is -2.51. The molecule has 2 aliphatic rings. The van der Waals surface area contributed by atoms with Crippen molar-refractivity contribution < 1.29 is 21.3 Å². The number of fused-ring (bicyclic) bond motifs is 1. The van der Waals surface area contributed by atoms with Crippen LogP contribution in [0, 0.1) is 0 Å². The van der Waals surface area contributed by atoms with Crippen LogP contribution in [0.4, 0.5) is 6.01 Å². The second-order valence-electron chi connectivity index (χ2n) is 7.43. The van der Waals surface area contributed by atoms with E-state index in [0.29, 0.717) is 22.2 Å². The molecular weight excluding hydrogens is 460 g/mol. The lowest BCUT2D eigenvalue weighted by atomic mass is 9.97. The van der Waals surface area contributed by atoms with E-state index in [2.05, 4.69) is 32.2 Å².